The Morgan fingerprint density at radius 1 is 0.750 bits per heavy atom. The number of hydrogen-bond acceptors (Lipinski definition) is 19. The van der Waals surface area contributed by atoms with Gasteiger partial charge in [0.25, 0.3) is 11.5 Å². The summed E-state index contributed by atoms with van der Waals surface area (Å²) >= 11 is 0. The molecule has 24 nitrogen and oxygen atoms in total. The number of anilines is 1. The molecule has 0 bridgehead atoms. The number of nitrogens with zero attached hydrogens (tertiary/aromatic N) is 6. The Balaban J connectivity index is 0.722. The highest BCUT2D eigenvalue weighted by atomic mass is 31.2. The number of alkyl carbamates (subject to hydrolysis) is 1. The number of fused-ring (bicyclic) bond motifs is 4. The number of aromatic amines is 1. The number of phosphoric ester groups is 1. The first kappa shape index (κ1) is 62.5. The fourth-order valence-electron chi connectivity index (χ4n) is 11.8. The number of methoxy groups -OCH3 is 2. The number of rotatable bonds is 24. The molecule has 0 spiro atoms. The molecule has 12 rings (SSSR count). The second-order valence-electron chi connectivity index (χ2n) is 22.1. The lowest BCUT2D eigenvalue weighted by molar-refractivity contribution is -0.0960. The fourth-order valence-corrected chi connectivity index (χ4v) is 13.2. The van der Waals surface area contributed by atoms with E-state index in [0.29, 0.717) is 28.2 Å². The van der Waals surface area contributed by atoms with Gasteiger partial charge in [0.2, 0.25) is 0 Å². The standard InChI is InChI=1S/C67H64N9O15P/c1-41-35-75(65(80)74-63(41)78)59-33-55(57(90-59)37-86-67(44-12-5-4-6-13-44,45-22-26-47(83-2)27-23-45)46-24-28-48(84-3)29-25-46)91-92(82,87-31-11-30-68)88-38-56-54(77)32-58(89-56)76-40-72-60-61(70-39-71-62(60)76)73-64(79)43-20-18-42(19-21-43)34-69-66(81)85-36-53-51-16-9-7-14-49(51)50-15-8-10-17-52(50)53/h4-10,12-29,35,39-40,53-59,77H,11,31-34,36-38H2,1-3H3,(H,69,81)(H,74,78,80)(H,70,71,73,79)/t54-,55-,56-,57-,58-,59-,92?/m1/s1. The largest absolute Gasteiger partial charge is 0.497 e. The van der Waals surface area contributed by atoms with Crippen molar-refractivity contribution in [3.05, 3.63) is 236 Å². The summed E-state index contributed by atoms with van der Waals surface area (Å²) in [6.07, 6.45) is -3.59. The van der Waals surface area contributed by atoms with Crippen LogP contribution in [0.4, 0.5) is 10.6 Å². The van der Waals surface area contributed by atoms with E-state index in [-0.39, 0.29) is 74.1 Å². The summed E-state index contributed by atoms with van der Waals surface area (Å²) in [5.41, 5.74) is 5.60. The van der Waals surface area contributed by atoms with E-state index in [4.69, 9.17) is 42.0 Å². The summed E-state index contributed by atoms with van der Waals surface area (Å²) in [6, 6.07) is 49.1. The molecule has 1 aliphatic carbocycles. The first-order chi connectivity index (χ1) is 44.7. The maximum Gasteiger partial charge on any atom is 0.475 e. The molecule has 3 aliphatic rings. The predicted molar refractivity (Wildman–Crippen MR) is 334 cm³/mol. The molecule has 1 unspecified atom stereocenters. The number of hydrogen-bond donors (Lipinski definition) is 4. The Morgan fingerprint density at radius 2 is 1.38 bits per heavy atom. The zero-order valence-electron chi connectivity index (χ0n) is 50.2. The normalized spacial score (nSPS) is 19.2. The van der Waals surface area contributed by atoms with Crippen LogP contribution in [0.2, 0.25) is 0 Å². The number of nitriles is 1. The van der Waals surface area contributed by atoms with Crippen molar-refractivity contribution in [3.8, 4) is 28.7 Å². The number of amides is 2. The van der Waals surface area contributed by atoms with E-state index in [0.717, 1.165) is 33.4 Å². The van der Waals surface area contributed by atoms with E-state index in [1.165, 1.54) is 30.3 Å². The summed E-state index contributed by atoms with van der Waals surface area (Å²) in [4.78, 5) is 68.1. The van der Waals surface area contributed by atoms with Crippen LogP contribution in [0.5, 0.6) is 11.5 Å². The molecular formula is C67H64N9O15P. The number of H-pyrrole nitrogens is 1. The first-order valence-corrected chi connectivity index (χ1v) is 31.1. The van der Waals surface area contributed by atoms with E-state index in [1.54, 1.807) is 43.1 Å². The van der Waals surface area contributed by atoms with Gasteiger partial charge in [-0.25, -0.2) is 29.1 Å². The number of aliphatic hydroxyl groups excluding tert-OH is 1. The number of aryl methyl sites for hydroxylation is 1. The molecule has 7 atom stereocenters. The molecule has 0 radical (unpaired) electrons. The minimum Gasteiger partial charge on any atom is -0.497 e. The van der Waals surface area contributed by atoms with Gasteiger partial charge < -0.3 is 44.2 Å². The lowest BCUT2D eigenvalue weighted by Crippen LogP contribution is -2.38. The molecule has 2 fully saturated rings. The number of carbonyl (C=O) groups excluding carboxylic acids is 2. The predicted octanol–water partition coefficient (Wildman–Crippen LogP) is 9.38. The summed E-state index contributed by atoms with van der Waals surface area (Å²) in [5, 5.41) is 26.7. The van der Waals surface area contributed by atoms with E-state index in [1.807, 2.05) is 109 Å². The van der Waals surface area contributed by atoms with Crippen LogP contribution < -0.4 is 31.4 Å². The van der Waals surface area contributed by atoms with Crippen molar-refractivity contribution in [2.75, 3.05) is 46.0 Å². The number of phosphoric acid groups is 1. The van der Waals surface area contributed by atoms with Crippen LogP contribution in [-0.2, 0) is 49.2 Å². The van der Waals surface area contributed by atoms with Crippen molar-refractivity contribution in [1.82, 2.24) is 34.4 Å². The fraction of sp³-hybridized carbons (Fsp3) is 0.284. The third-order valence-electron chi connectivity index (χ3n) is 16.5. The van der Waals surface area contributed by atoms with Gasteiger partial charge in [-0.1, -0.05) is 115 Å². The van der Waals surface area contributed by atoms with Crippen LogP contribution >= 0.6 is 7.82 Å². The van der Waals surface area contributed by atoms with Crippen LogP contribution in [0.3, 0.4) is 0 Å². The number of aliphatic hydroxyl groups is 1. The van der Waals surface area contributed by atoms with Crippen molar-refractivity contribution in [3.63, 3.8) is 0 Å². The maximum absolute atomic E-state index is 15.1. The van der Waals surface area contributed by atoms with E-state index >= 15 is 4.57 Å². The Labute approximate surface area is 527 Å². The molecule has 92 heavy (non-hydrogen) atoms. The number of carbonyl (C=O) groups is 2. The number of nitrogens with one attached hydrogen (secondary N) is 3. The highest BCUT2D eigenvalue weighted by Gasteiger charge is 2.47. The van der Waals surface area contributed by atoms with Crippen LogP contribution in [0.1, 0.15) is 86.9 Å². The Kier molecular flexibility index (Phi) is 18.6. The average Bonchev–Trinajstić information content (AvgIpc) is 0.972. The summed E-state index contributed by atoms with van der Waals surface area (Å²) in [6.45, 7) is 0.660. The molecule has 25 heteroatoms. The van der Waals surface area contributed by atoms with Crippen molar-refractivity contribution in [2.24, 2.45) is 0 Å². The molecule has 2 amide bonds. The van der Waals surface area contributed by atoms with Crippen LogP contribution in [0.15, 0.2) is 180 Å². The molecule has 5 heterocycles. The van der Waals surface area contributed by atoms with E-state index in [2.05, 4.69) is 54.8 Å². The van der Waals surface area contributed by atoms with Crippen molar-refractivity contribution in [1.29, 1.82) is 5.26 Å². The molecule has 9 aromatic rings. The lowest BCUT2D eigenvalue weighted by Gasteiger charge is -2.37. The van der Waals surface area contributed by atoms with Gasteiger partial charge in [0, 0.05) is 42.6 Å². The molecule has 2 aliphatic heterocycles. The quantitative estimate of drug-likeness (QED) is 0.0249. The monoisotopic (exact) mass is 1270 g/mol. The SMILES string of the molecule is COc1ccc(C(OC[C@H]2O[C@@H](n3cc(C)c(=O)[nH]c3=O)C[C@H]2OP(=O)(OCCC#N)OC[C@H]2O[C@@H](n3cnc4c(NC(=O)c5ccc(CNC(=O)OCC6c7ccccc7-c7ccccc76)cc5)ncnc43)C[C@H]2O)(c2ccccc2)c2ccc(OC)cc2)cc1. The van der Waals surface area contributed by atoms with Crippen LogP contribution in [0, 0.1) is 18.3 Å². The van der Waals surface area contributed by atoms with Crippen LogP contribution in [0.25, 0.3) is 22.3 Å². The highest BCUT2D eigenvalue weighted by molar-refractivity contribution is 7.48. The second kappa shape index (κ2) is 27.4. The summed E-state index contributed by atoms with van der Waals surface area (Å²) in [7, 11) is -1.64. The molecule has 472 valence electrons. The third-order valence-corrected chi connectivity index (χ3v) is 18.0. The zero-order valence-corrected chi connectivity index (χ0v) is 51.1. The van der Waals surface area contributed by atoms with Crippen LogP contribution in [-0.4, -0.2) is 111 Å². The van der Waals surface area contributed by atoms with Gasteiger partial charge in [-0.15, -0.1) is 0 Å². The number of benzene rings is 6. The van der Waals surface area contributed by atoms with Crippen molar-refractivity contribution >= 4 is 36.8 Å². The molecular weight excluding hydrogens is 1200 g/mol. The van der Waals surface area contributed by atoms with Gasteiger partial charge >= 0.3 is 19.6 Å². The van der Waals surface area contributed by atoms with Gasteiger partial charge in [0.15, 0.2) is 17.0 Å². The lowest BCUT2D eigenvalue weighted by atomic mass is 9.80. The average molecular weight is 1270 g/mol. The molecule has 3 aromatic heterocycles. The second-order valence-corrected chi connectivity index (χ2v) is 23.7. The van der Waals surface area contributed by atoms with Gasteiger partial charge in [0.05, 0.1) is 59.0 Å². The highest BCUT2D eigenvalue weighted by Crippen LogP contribution is 2.54. The maximum atomic E-state index is 15.1. The van der Waals surface area contributed by atoms with Crippen molar-refractivity contribution < 1.29 is 61.3 Å². The van der Waals surface area contributed by atoms with Gasteiger partial charge in [-0.3, -0.25) is 37.3 Å². The molecule has 4 N–H and O–H groups in total. The number of ether oxygens (including phenoxy) is 6. The smallest absolute Gasteiger partial charge is 0.475 e. The summed E-state index contributed by atoms with van der Waals surface area (Å²) < 4.78 is 73.0. The Bertz CT molecular complexity index is 4240. The first-order valence-electron chi connectivity index (χ1n) is 29.7. The summed E-state index contributed by atoms with van der Waals surface area (Å²) in [5.74, 6) is 0.724. The molecule has 0 saturated carbocycles. The van der Waals surface area contributed by atoms with Gasteiger partial charge in [-0.2, -0.15) is 5.26 Å². The Morgan fingerprint density at radius 3 is 2.04 bits per heavy atom. The zero-order chi connectivity index (χ0) is 63.9. The van der Waals surface area contributed by atoms with E-state index < -0.39 is 80.2 Å². The van der Waals surface area contributed by atoms with E-state index in [9.17, 15) is 29.5 Å². The van der Waals surface area contributed by atoms with Crippen molar-refractivity contribution in [2.45, 2.75) is 81.1 Å². The van der Waals surface area contributed by atoms with Gasteiger partial charge in [0.1, 0.15) is 60.8 Å². The topological polar surface area (TPSA) is 301 Å². The van der Waals surface area contributed by atoms with Gasteiger partial charge in [-0.05, 0) is 87.8 Å². The third kappa shape index (κ3) is 13.1. The minimum atomic E-state index is -4.77. The minimum absolute atomic E-state index is 0.00934. The molecule has 2 saturated heterocycles. The number of aromatic nitrogens is 6. The molecule has 6 aromatic carbocycles. The number of imidazole rings is 1. The Hall–Kier alpha value is -9.67.